The van der Waals surface area contributed by atoms with Gasteiger partial charge >= 0.3 is 12.1 Å². The van der Waals surface area contributed by atoms with Crippen LogP contribution in [0, 0.1) is 5.82 Å². The number of hydrogen-bond donors (Lipinski definition) is 3. The highest BCUT2D eigenvalue weighted by Gasteiger charge is 2.33. The minimum atomic E-state index is -0.674. The van der Waals surface area contributed by atoms with Crippen LogP contribution in [0.3, 0.4) is 0 Å². The van der Waals surface area contributed by atoms with Gasteiger partial charge < -0.3 is 35.6 Å². The molecule has 4 rings (SSSR count). The van der Waals surface area contributed by atoms with Gasteiger partial charge in [-0.3, -0.25) is 14.5 Å². The topological polar surface area (TPSA) is 147 Å². The summed E-state index contributed by atoms with van der Waals surface area (Å²) >= 11 is 5.14. The smallest absolute Gasteiger partial charge is 0.414 e. The maximum absolute atomic E-state index is 15.1. The third kappa shape index (κ3) is 8.17. The van der Waals surface area contributed by atoms with Crippen LogP contribution in [0.4, 0.5) is 26.2 Å². The van der Waals surface area contributed by atoms with E-state index in [-0.39, 0.29) is 23.9 Å². The Morgan fingerprint density at radius 2 is 1.84 bits per heavy atom. The number of nitrogens with one attached hydrogen (secondary N) is 2. The average Bonchev–Trinajstić information content (AvgIpc) is 3.38. The van der Waals surface area contributed by atoms with E-state index >= 15 is 4.39 Å². The van der Waals surface area contributed by atoms with E-state index in [0.717, 1.165) is 0 Å². The molecule has 2 aliphatic heterocycles. The summed E-state index contributed by atoms with van der Waals surface area (Å²) in [4.78, 5) is 54.6. The largest absolute Gasteiger partial charge is 0.452 e. The highest BCUT2D eigenvalue weighted by molar-refractivity contribution is 7.80. The molecule has 43 heavy (non-hydrogen) atoms. The van der Waals surface area contributed by atoms with E-state index in [1.165, 1.54) is 23.1 Å². The first-order chi connectivity index (χ1) is 20.5. The number of thiocarbonyl (C=S) groups is 1. The fourth-order valence-electron chi connectivity index (χ4n) is 4.56. The molecule has 2 atom stereocenters. The number of amides is 3. The van der Waals surface area contributed by atoms with Gasteiger partial charge in [0.15, 0.2) is 6.61 Å². The van der Waals surface area contributed by atoms with Crippen LogP contribution in [0.1, 0.15) is 30.6 Å². The van der Waals surface area contributed by atoms with E-state index in [0.29, 0.717) is 61.2 Å². The standard InChI is InChI=1S/C29H35FN6O6S/c1-3-25(43)32-15-22-16-36(29(40)42-22)21-8-9-24(23(30)14-21)34-10-12-35(13-11-34)26(37)17-41-28(39)19-4-6-20(7-5-19)33-27(38)18(2)31/h4-9,14,18,22H,3,10-13,15-17,31H2,1-2H3,(H,32,43)(H,33,38)/t18-,22-/m0/s1. The molecule has 0 radical (unpaired) electrons. The monoisotopic (exact) mass is 614 g/mol. The molecule has 2 heterocycles. The summed E-state index contributed by atoms with van der Waals surface area (Å²) in [6, 6.07) is 9.95. The van der Waals surface area contributed by atoms with Crippen molar-refractivity contribution in [1.82, 2.24) is 10.2 Å². The van der Waals surface area contributed by atoms with Crippen LogP contribution >= 0.6 is 12.2 Å². The zero-order chi connectivity index (χ0) is 31.1. The van der Waals surface area contributed by atoms with Gasteiger partial charge in [0.2, 0.25) is 5.91 Å². The molecule has 0 aliphatic carbocycles. The number of nitrogens with zero attached hydrogens (tertiary/aromatic N) is 3. The van der Waals surface area contributed by atoms with Gasteiger partial charge in [0.05, 0.1) is 41.1 Å². The minimum Gasteiger partial charge on any atom is -0.452 e. The quantitative estimate of drug-likeness (QED) is 0.269. The van der Waals surface area contributed by atoms with Crippen LogP contribution in [0.15, 0.2) is 42.5 Å². The van der Waals surface area contributed by atoms with Crippen molar-refractivity contribution in [2.75, 3.05) is 61.0 Å². The maximum Gasteiger partial charge on any atom is 0.414 e. The van der Waals surface area contributed by atoms with Crippen molar-refractivity contribution < 1.29 is 33.0 Å². The molecule has 2 aromatic carbocycles. The van der Waals surface area contributed by atoms with E-state index in [9.17, 15) is 19.2 Å². The number of halogens is 1. The number of esters is 1. The Balaban J connectivity index is 1.24. The van der Waals surface area contributed by atoms with Crippen LogP contribution in [0.5, 0.6) is 0 Å². The number of rotatable bonds is 10. The molecule has 14 heteroatoms. The third-order valence-electron chi connectivity index (χ3n) is 7.07. The summed E-state index contributed by atoms with van der Waals surface area (Å²) < 4.78 is 25.7. The SMILES string of the molecule is CCC(=S)NC[C@H]1CN(c2ccc(N3CCN(C(=O)COC(=O)c4ccc(NC(=O)[C@H](C)N)cc4)CC3)c(F)c2)C(=O)O1. The van der Waals surface area contributed by atoms with Gasteiger partial charge in [0.25, 0.3) is 5.91 Å². The maximum atomic E-state index is 15.1. The van der Waals surface area contributed by atoms with Gasteiger partial charge in [0.1, 0.15) is 11.9 Å². The molecule has 0 unspecified atom stereocenters. The number of piperazine rings is 1. The Morgan fingerprint density at radius 1 is 1.14 bits per heavy atom. The lowest BCUT2D eigenvalue weighted by Crippen LogP contribution is -2.50. The fraction of sp³-hybridized carbons (Fsp3) is 0.414. The predicted molar refractivity (Wildman–Crippen MR) is 163 cm³/mol. The molecule has 0 bridgehead atoms. The second-order valence-corrected chi connectivity index (χ2v) is 10.7. The normalized spacial score (nSPS) is 17.3. The molecule has 0 saturated carbocycles. The molecule has 2 fully saturated rings. The van der Waals surface area contributed by atoms with Crippen LogP contribution in [0.2, 0.25) is 0 Å². The zero-order valence-corrected chi connectivity index (χ0v) is 24.8. The Hall–Kier alpha value is -4.30. The number of hydrogen-bond acceptors (Lipinski definition) is 9. The summed E-state index contributed by atoms with van der Waals surface area (Å²) in [5.41, 5.74) is 6.99. The van der Waals surface area contributed by atoms with Gasteiger partial charge in [-0.25, -0.2) is 14.0 Å². The summed E-state index contributed by atoms with van der Waals surface area (Å²) in [5, 5.41) is 5.67. The van der Waals surface area contributed by atoms with E-state index < -0.39 is 36.6 Å². The summed E-state index contributed by atoms with van der Waals surface area (Å²) in [5.74, 6) is -1.88. The van der Waals surface area contributed by atoms with Crippen molar-refractivity contribution >= 4 is 58.1 Å². The molecule has 3 amide bonds. The summed E-state index contributed by atoms with van der Waals surface area (Å²) in [6.45, 7) is 5.11. The first-order valence-electron chi connectivity index (χ1n) is 14.0. The lowest BCUT2D eigenvalue weighted by atomic mass is 10.2. The summed E-state index contributed by atoms with van der Waals surface area (Å²) in [6.07, 6.45) is -0.251. The van der Waals surface area contributed by atoms with Gasteiger partial charge in [-0.15, -0.1) is 0 Å². The first-order valence-corrected chi connectivity index (χ1v) is 14.4. The number of carbonyl (C=O) groups excluding carboxylic acids is 4. The van der Waals surface area contributed by atoms with Gasteiger partial charge in [-0.2, -0.15) is 0 Å². The zero-order valence-electron chi connectivity index (χ0n) is 24.0. The Kier molecular flexibility index (Phi) is 10.5. The molecule has 4 N–H and O–H groups in total. The second-order valence-electron chi connectivity index (χ2n) is 10.2. The number of anilines is 3. The number of cyclic esters (lactones) is 1. The number of nitrogens with two attached hydrogens (primary N) is 1. The molecular weight excluding hydrogens is 579 g/mol. The number of benzene rings is 2. The van der Waals surface area contributed by atoms with Crippen molar-refractivity contribution in [2.24, 2.45) is 5.73 Å². The minimum absolute atomic E-state index is 0.227. The molecule has 12 nitrogen and oxygen atoms in total. The molecule has 0 aromatic heterocycles. The van der Waals surface area contributed by atoms with Crippen LogP contribution in [-0.2, 0) is 19.1 Å². The Bertz CT molecular complexity index is 1370. The summed E-state index contributed by atoms with van der Waals surface area (Å²) in [7, 11) is 0. The van der Waals surface area contributed by atoms with Crippen LogP contribution < -0.4 is 26.2 Å². The number of carbonyl (C=O) groups is 4. The van der Waals surface area contributed by atoms with E-state index in [2.05, 4.69) is 10.6 Å². The van der Waals surface area contributed by atoms with Crippen molar-refractivity contribution in [2.45, 2.75) is 32.4 Å². The molecule has 230 valence electrons. The highest BCUT2D eigenvalue weighted by atomic mass is 32.1. The molecule has 0 spiro atoms. The van der Waals surface area contributed by atoms with E-state index in [1.807, 2.05) is 11.8 Å². The predicted octanol–water partition coefficient (Wildman–Crippen LogP) is 2.27. The van der Waals surface area contributed by atoms with Crippen LogP contribution in [0.25, 0.3) is 0 Å². The van der Waals surface area contributed by atoms with Gasteiger partial charge in [-0.05, 0) is 55.8 Å². The average molecular weight is 615 g/mol. The van der Waals surface area contributed by atoms with E-state index in [1.54, 1.807) is 36.1 Å². The fourth-order valence-corrected chi connectivity index (χ4v) is 4.64. The third-order valence-corrected chi connectivity index (χ3v) is 7.50. The Labute approximate surface area is 254 Å². The first kappa shape index (κ1) is 31.6. The van der Waals surface area contributed by atoms with Crippen molar-refractivity contribution in [1.29, 1.82) is 0 Å². The van der Waals surface area contributed by atoms with Crippen molar-refractivity contribution in [3.8, 4) is 0 Å². The van der Waals surface area contributed by atoms with Gasteiger partial charge in [-0.1, -0.05) is 19.1 Å². The highest BCUT2D eigenvalue weighted by Crippen LogP contribution is 2.28. The lowest BCUT2D eigenvalue weighted by molar-refractivity contribution is -0.134. The number of ether oxygens (including phenoxy) is 2. The lowest BCUT2D eigenvalue weighted by Gasteiger charge is -2.36. The van der Waals surface area contributed by atoms with E-state index in [4.69, 9.17) is 27.4 Å². The van der Waals surface area contributed by atoms with Crippen molar-refractivity contribution in [3.63, 3.8) is 0 Å². The molecule has 2 saturated heterocycles. The molecule has 2 aliphatic rings. The molecular formula is C29H35FN6O6S. The Morgan fingerprint density at radius 3 is 2.47 bits per heavy atom. The van der Waals surface area contributed by atoms with Gasteiger partial charge in [0, 0.05) is 31.9 Å². The van der Waals surface area contributed by atoms with Crippen molar-refractivity contribution in [3.05, 3.63) is 53.8 Å². The van der Waals surface area contributed by atoms with Crippen LogP contribution in [-0.4, -0.2) is 91.8 Å². The second kappa shape index (κ2) is 14.2. The molecule has 2 aromatic rings.